The standard InChI is InChI=1S/2C4H7NO/c2*6-4-2-1-3-5-4/h2*1-3H2,(H,5,6). The summed E-state index contributed by atoms with van der Waals surface area (Å²) in [7, 11) is 0. The van der Waals surface area contributed by atoms with Gasteiger partial charge in [-0.05, 0) is 12.8 Å². The Morgan fingerprint density at radius 2 is 1.25 bits per heavy atom. The molecule has 2 fully saturated rings. The van der Waals surface area contributed by atoms with Gasteiger partial charge in [-0.1, -0.05) is 0 Å². The van der Waals surface area contributed by atoms with Crippen molar-refractivity contribution in [3.63, 3.8) is 0 Å². The SMILES string of the molecule is O=C1CCCN1.O=C1CCCN1. The van der Waals surface area contributed by atoms with Crippen molar-refractivity contribution < 1.29 is 9.59 Å². The largest absolute Gasteiger partial charge is 0.356 e. The van der Waals surface area contributed by atoms with Crippen LogP contribution >= 0.6 is 0 Å². The summed E-state index contributed by atoms with van der Waals surface area (Å²) in [4.78, 5) is 20.3. The van der Waals surface area contributed by atoms with Crippen molar-refractivity contribution in [2.45, 2.75) is 25.7 Å². The Balaban J connectivity index is 0.000000120. The average molecular weight is 170 g/mol. The molecule has 0 bridgehead atoms. The maximum absolute atomic E-state index is 10.1. The lowest BCUT2D eigenvalue weighted by atomic mass is 10.4. The fraction of sp³-hybridized carbons (Fsp3) is 0.750. The van der Waals surface area contributed by atoms with Gasteiger partial charge in [-0.2, -0.15) is 0 Å². The van der Waals surface area contributed by atoms with E-state index < -0.39 is 0 Å². The van der Waals surface area contributed by atoms with E-state index in [1.807, 2.05) is 0 Å². The molecule has 0 aromatic rings. The molecular weight excluding hydrogens is 156 g/mol. The Bertz CT molecular complexity index is 144. The van der Waals surface area contributed by atoms with Crippen molar-refractivity contribution in [1.29, 1.82) is 0 Å². The van der Waals surface area contributed by atoms with Gasteiger partial charge in [-0.15, -0.1) is 0 Å². The minimum atomic E-state index is 0.204. The van der Waals surface area contributed by atoms with Crippen molar-refractivity contribution >= 4 is 11.8 Å². The highest BCUT2D eigenvalue weighted by Crippen LogP contribution is 1.93. The Morgan fingerprint density at radius 1 is 0.833 bits per heavy atom. The van der Waals surface area contributed by atoms with Crippen molar-refractivity contribution in [2.75, 3.05) is 13.1 Å². The second-order valence-electron chi connectivity index (χ2n) is 2.91. The maximum Gasteiger partial charge on any atom is 0.220 e. The zero-order chi connectivity index (χ0) is 8.81. The molecule has 2 rings (SSSR count). The summed E-state index contributed by atoms with van der Waals surface area (Å²) >= 11 is 0. The normalized spacial score (nSPS) is 21.0. The van der Waals surface area contributed by atoms with Crippen molar-refractivity contribution in [2.24, 2.45) is 0 Å². The fourth-order valence-electron chi connectivity index (χ4n) is 1.13. The summed E-state index contributed by atoms with van der Waals surface area (Å²) in [6, 6.07) is 0. The van der Waals surface area contributed by atoms with E-state index in [0.717, 1.165) is 38.8 Å². The van der Waals surface area contributed by atoms with Gasteiger partial charge in [0.25, 0.3) is 0 Å². The first-order chi connectivity index (χ1) is 5.79. The van der Waals surface area contributed by atoms with Gasteiger partial charge in [0.15, 0.2) is 0 Å². The Hall–Kier alpha value is -1.06. The number of carbonyl (C=O) groups excluding carboxylic acids is 2. The number of nitrogens with one attached hydrogen (secondary N) is 2. The van der Waals surface area contributed by atoms with E-state index in [1.165, 1.54) is 0 Å². The minimum Gasteiger partial charge on any atom is -0.356 e. The predicted molar refractivity (Wildman–Crippen MR) is 44.5 cm³/mol. The number of hydrogen-bond donors (Lipinski definition) is 2. The van der Waals surface area contributed by atoms with Crippen LogP contribution in [-0.4, -0.2) is 24.9 Å². The maximum atomic E-state index is 10.1. The van der Waals surface area contributed by atoms with E-state index in [1.54, 1.807) is 0 Å². The highest BCUT2D eigenvalue weighted by Gasteiger charge is 2.05. The van der Waals surface area contributed by atoms with Gasteiger partial charge in [-0.25, -0.2) is 0 Å². The molecule has 0 aromatic heterocycles. The number of rotatable bonds is 0. The molecule has 0 spiro atoms. The van der Waals surface area contributed by atoms with E-state index in [4.69, 9.17) is 0 Å². The van der Waals surface area contributed by atoms with Crippen LogP contribution in [0.2, 0.25) is 0 Å². The summed E-state index contributed by atoms with van der Waals surface area (Å²) in [6.45, 7) is 1.78. The Labute approximate surface area is 71.7 Å². The lowest BCUT2D eigenvalue weighted by molar-refractivity contribution is -0.119. The van der Waals surface area contributed by atoms with Gasteiger partial charge in [-0.3, -0.25) is 9.59 Å². The summed E-state index contributed by atoms with van der Waals surface area (Å²) in [5, 5.41) is 5.36. The van der Waals surface area contributed by atoms with Crippen LogP contribution in [0.5, 0.6) is 0 Å². The second kappa shape index (κ2) is 4.74. The van der Waals surface area contributed by atoms with Crippen LogP contribution in [0.25, 0.3) is 0 Å². The molecule has 2 heterocycles. The van der Waals surface area contributed by atoms with Gasteiger partial charge in [0.05, 0.1) is 0 Å². The van der Waals surface area contributed by atoms with Crippen LogP contribution in [0.3, 0.4) is 0 Å². The van der Waals surface area contributed by atoms with Crippen LogP contribution in [0.15, 0.2) is 0 Å². The smallest absolute Gasteiger partial charge is 0.220 e. The molecule has 0 aliphatic carbocycles. The van der Waals surface area contributed by atoms with Gasteiger partial charge < -0.3 is 10.6 Å². The molecule has 2 aliphatic rings. The molecule has 2 amide bonds. The van der Waals surface area contributed by atoms with E-state index in [9.17, 15) is 9.59 Å². The summed E-state index contributed by atoms with van der Waals surface area (Å²) < 4.78 is 0. The molecular formula is C8H14N2O2. The molecule has 0 radical (unpaired) electrons. The minimum absolute atomic E-state index is 0.204. The van der Waals surface area contributed by atoms with Crippen LogP contribution in [0, 0.1) is 0 Å². The molecule has 68 valence electrons. The molecule has 0 atom stereocenters. The number of carbonyl (C=O) groups is 2. The summed E-state index contributed by atoms with van der Waals surface area (Å²) in [5.74, 6) is 0.407. The van der Waals surface area contributed by atoms with Gasteiger partial charge in [0.1, 0.15) is 0 Å². The highest BCUT2D eigenvalue weighted by molar-refractivity contribution is 5.77. The third kappa shape index (κ3) is 3.37. The first-order valence-corrected chi connectivity index (χ1v) is 4.32. The molecule has 2 saturated heterocycles. The first kappa shape index (κ1) is 9.03. The zero-order valence-corrected chi connectivity index (χ0v) is 7.06. The number of amides is 2. The van der Waals surface area contributed by atoms with Crippen molar-refractivity contribution in [3.05, 3.63) is 0 Å². The van der Waals surface area contributed by atoms with Gasteiger partial charge in [0, 0.05) is 25.9 Å². The van der Waals surface area contributed by atoms with Crippen LogP contribution in [0.1, 0.15) is 25.7 Å². The lowest BCUT2D eigenvalue weighted by Crippen LogP contribution is -2.12. The molecule has 12 heavy (non-hydrogen) atoms. The summed E-state index contributed by atoms with van der Waals surface area (Å²) in [6.07, 6.45) is 3.53. The molecule has 0 unspecified atom stereocenters. The van der Waals surface area contributed by atoms with Gasteiger partial charge >= 0.3 is 0 Å². The topological polar surface area (TPSA) is 58.2 Å². The van der Waals surface area contributed by atoms with E-state index in [0.29, 0.717) is 0 Å². The van der Waals surface area contributed by atoms with Crippen molar-refractivity contribution in [1.82, 2.24) is 10.6 Å². The third-order valence-corrected chi connectivity index (χ3v) is 1.81. The molecule has 0 saturated carbocycles. The quantitative estimate of drug-likeness (QED) is 0.528. The molecule has 2 aliphatic heterocycles. The predicted octanol–water partition coefficient (Wildman–Crippen LogP) is -0.207. The molecule has 2 N–H and O–H groups in total. The van der Waals surface area contributed by atoms with E-state index in [-0.39, 0.29) is 11.8 Å². The monoisotopic (exact) mass is 170 g/mol. The van der Waals surface area contributed by atoms with Crippen LogP contribution in [-0.2, 0) is 9.59 Å². The Kier molecular flexibility index (Phi) is 3.57. The van der Waals surface area contributed by atoms with Gasteiger partial charge in [0.2, 0.25) is 11.8 Å². The van der Waals surface area contributed by atoms with Crippen LogP contribution < -0.4 is 10.6 Å². The molecule has 4 nitrogen and oxygen atoms in total. The average Bonchev–Trinajstić information content (AvgIpc) is 2.63. The van der Waals surface area contributed by atoms with Crippen molar-refractivity contribution in [3.8, 4) is 0 Å². The third-order valence-electron chi connectivity index (χ3n) is 1.81. The van der Waals surface area contributed by atoms with Crippen LogP contribution in [0.4, 0.5) is 0 Å². The first-order valence-electron chi connectivity index (χ1n) is 4.32. The number of hydrogen-bond acceptors (Lipinski definition) is 2. The second-order valence-corrected chi connectivity index (χ2v) is 2.91. The summed E-state index contributed by atoms with van der Waals surface area (Å²) in [5.41, 5.74) is 0. The Morgan fingerprint density at radius 3 is 1.33 bits per heavy atom. The van der Waals surface area contributed by atoms with E-state index in [2.05, 4.69) is 10.6 Å². The fourth-order valence-corrected chi connectivity index (χ4v) is 1.13. The molecule has 0 aromatic carbocycles. The zero-order valence-electron chi connectivity index (χ0n) is 7.06. The lowest BCUT2D eigenvalue weighted by Gasteiger charge is -1.80. The van der Waals surface area contributed by atoms with E-state index >= 15 is 0 Å². The molecule has 4 heteroatoms. The highest BCUT2D eigenvalue weighted by atomic mass is 16.2.